The third-order valence-corrected chi connectivity index (χ3v) is 2.14. The number of rotatable bonds is 3. The molecule has 0 atom stereocenters. The highest BCUT2D eigenvalue weighted by atomic mass is 19.1. The molecule has 0 fully saturated rings. The summed E-state index contributed by atoms with van der Waals surface area (Å²) in [6.07, 6.45) is 4.64. The third kappa shape index (κ3) is 2.08. The van der Waals surface area contributed by atoms with Crippen molar-refractivity contribution in [1.82, 2.24) is 9.55 Å². The van der Waals surface area contributed by atoms with Crippen LogP contribution in [0.5, 0.6) is 5.75 Å². The van der Waals surface area contributed by atoms with Gasteiger partial charge in [-0.05, 0) is 18.2 Å². The average molecular weight is 220 g/mol. The number of carbonyl (C=O) groups excluding carboxylic acids is 1. The predicted molar refractivity (Wildman–Crippen MR) is 54.6 cm³/mol. The Morgan fingerprint density at radius 1 is 1.50 bits per heavy atom. The van der Waals surface area contributed by atoms with Gasteiger partial charge >= 0.3 is 0 Å². The number of aromatic nitrogens is 2. The highest BCUT2D eigenvalue weighted by Gasteiger charge is 2.12. The minimum atomic E-state index is -0.549. The number of imidazole rings is 1. The molecule has 0 saturated carbocycles. The van der Waals surface area contributed by atoms with Crippen LogP contribution in [0.4, 0.5) is 4.39 Å². The summed E-state index contributed by atoms with van der Waals surface area (Å²) in [5.41, 5.74) is -0.0197. The van der Waals surface area contributed by atoms with Crippen molar-refractivity contribution in [1.29, 1.82) is 0 Å². The van der Waals surface area contributed by atoms with E-state index in [0.29, 0.717) is 0 Å². The Kier molecular flexibility index (Phi) is 2.68. The highest BCUT2D eigenvalue weighted by Crippen LogP contribution is 2.18. The van der Waals surface area contributed by atoms with Crippen molar-refractivity contribution in [2.45, 2.75) is 6.54 Å². The molecule has 1 aromatic carbocycles. The van der Waals surface area contributed by atoms with Crippen LogP contribution in [-0.2, 0) is 6.54 Å². The molecule has 0 aliphatic heterocycles. The Bertz CT molecular complexity index is 509. The number of benzene rings is 1. The summed E-state index contributed by atoms with van der Waals surface area (Å²) < 4.78 is 14.5. The molecular weight excluding hydrogens is 211 g/mol. The Morgan fingerprint density at radius 2 is 2.31 bits per heavy atom. The van der Waals surface area contributed by atoms with Crippen LogP contribution in [0.15, 0.2) is 36.9 Å². The Hall–Kier alpha value is -2.17. The molecule has 0 saturated heterocycles. The van der Waals surface area contributed by atoms with E-state index in [1.165, 1.54) is 6.33 Å². The summed E-state index contributed by atoms with van der Waals surface area (Å²) in [6.45, 7) is 0.0248. The van der Waals surface area contributed by atoms with E-state index in [-0.39, 0.29) is 23.6 Å². The van der Waals surface area contributed by atoms with Gasteiger partial charge in [-0.15, -0.1) is 0 Å². The quantitative estimate of drug-likeness (QED) is 0.799. The highest BCUT2D eigenvalue weighted by molar-refractivity contribution is 5.98. The van der Waals surface area contributed by atoms with E-state index in [2.05, 4.69) is 4.98 Å². The Labute approximate surface area is 91.0 Å². The van der Waals surface area contributed by atoms with Crippen LogP contribution in [0.25, 0.3) is 0 Å². The molecule has 1 heterocycles. The zero-order valence-electron chi connectivity index (χ0n) is 8.30. The molecule has 0 bridgehead atoms. The second-order valence-electron chi connectivity index (χ2n) is 3.32. The van der Waals surface area contributed by atoms with Crippen molar-refractivity contribution >= 4 is 5.78 Å². The zero-order valence-corrected chi connectivity index (χ0v) is 8.30. The monoisotopic (exact) mass is 220 g/mol. The molecule has 1 N–H and O–H groups in total. The number of carbonyl (C=O) groups is 1. The molecule has 0 spiro atoms. The first-order valence-corrected chi connectivity index (χ1v) is 4.64. The first-order chi connectivity index (χ1) is 7.66. The van der Waals surface area contributed by atoms with Gasteiger partial charge in [-0.3, -0.25) is 4.79 Å². The summed E-state index contributed by atoms with van der Waals surface area (Å²) in [5.74, 6) is -1.13. The number of nitrogens with zero attached hydrogens (tertiary/aromatic N) is 2. The second kappa shape index (κ2) is 4.14. The van der Waals surface area contributed by atoms with Crippen molar-refractivity contribution in [3.8, 4) is 5.75 Å². The molecule has 0 radical (unpaired) electrons. The van der Waals surface area contributed by atoms with Gasteiger partial charge in [-0.1, -0.05) is 0 Å². The molecular formula is C11H9FN2O2. The Balaban J connectivity index is 2.24. The van der Waals surface area contributed by atoms with Gasteiger partial charge in [0.1, 0.15) is 11.6 Å². The van der Waals surface area contributed by atoms with Gasteiger partial charge < -0.3 is 9.67 Å². The lowest BCUT2D eigenvalue weighted by molar-refractivity contribution is 0.0969. The van der Waals surface area contributed by atoms with Gasteiger partial charge in [0, 0.05) is 12.4 Å². The van der Waals surface area contributed by atoms with Crippen molar-refractivity contribution in [3.05, 3.63) is 48.3 Å². The van der Waals surface area contributed by atoms with E-state index in [9.17, 15) is 14.3 Å². The molecule has 5 heteroatoms. The van der Waals surface area contributed by atoms with E-state index in [1.807, 2.05) is 0 Å². The summed E-state index contributed by atoms with van der Waals surface area (Å²) >= 11 is 0. The smallest absolute Gasteiger partial charge is 0.186 e. The zero-order chi connectivity index (χ0) is 11.5. The number of hydrogen-bond donors (Lipinski definition) is 1. The van der Waals surface area contributed by atoms with E-state index in [1.54, 1.807) is 17.0 Å². The molecule has 82 valence electrons. The van der Waals surface area contributed by atoms with Crippen LogP contribution in [0.1, 0.15) is 10.4 Å². The molecule has 2 rings (SSSR count). The van der Waals surface area contributed by atoms with Gasteiger partial charge in [-0.2, -0.15) is 0 Å². The van der Waals surface area contributed by atoms with Gasteiger partial charge in [0.2, 0.25) is 0 Å². The molecule has 16 heavy (non-hydrogen) atoms. The SMILES string of the molecule is O=C(Cn1ccnc1)c1cc(F)ccc1O. The number of halogens is 1. The lowest BCUT2D eigenvalue weighted by Crippen LogP contribution is -2.09. The van der Waals surface area contributed by atoms with Gasteiger partial charge in [-0.25, -0.2) is 9.37 Å². The number of hydrogen-bond acceptors (Lipinski definition) is 3. The molecule has 1 aromatic heterocycles. The fraction of sp³-hybridized carbons (Fsp3) is 0.0909. The standard InChI is InChI=1S/C11H9FN2O2/c12-8-1-2-10(15)9(5-8)11(16)6-14-4-3-13-7-14/h1-5,7,15H,6H2. The van der Waals surface area contributed by atoms with E-state index >= 15 is 0 Å². The van der Waals surface area contributed by atoms with Crippen LogP contribution >= 0.6 is 0 Å². The first kappa shape index (κ1) is 10.4. The minimum Gasteiger partial charge on any atom is -0.507 e. The lowest BCUT2D eigenvalue weighted by Gasteiger charge is -2.04. The summed E-state index contributed by atoms with van der Waals surface area (Å²) in [4.78, 5) is 15.5. The number of phenols is 1. The van der Waals surface area contributed by atoms with E-state index < -0.39 is 5.82 Å². The molecule has 4 nitrogen and oxygen atoms in total. The van der Waals surface area contributed by atoms with Crippen LogP contribution in [0.3, 0.4) is 0 Å². The first-order valence-electron chi connectivity index (χ1n) is 4.64. The van der Waals surface area contributed by atoms with Crippen LogP contribution < -0.4 is 0 Å². The van der Waals surface area contributed by atoms with Gasteiger partial charge in [0.15, 0.2) is 5.78 Å². The van der Waals surface area contributed by atoms with Crippen LogP contribution in [0, 0.1) is 5.82 Å². The van der Waals surface area contributed by atoms with E-state index in [0.717, 1.165) is 18.2 Å². The van der Waals surface area contributed by atoms with Crippen molar-refractivity contribution in [2.24, 2.45) is 0 Å². The summed E-state index contributed by atoms with van der Waals surface area (Å²) in [6, 6.07) is 3.29. The number of phenolic OH excluding ortho intramolecular Hbond substituents is 1. The second-order valence-corrected chi connectivity index (χ2v) is 3.32. The maximum atomic E-state index is 12.9. The van der Waals surface area contributed by atoms with Crippen LogP contribution in [-0.4, -0.2) is 20.4 Å². The third-order valence-electron chi connectivity index (χ3n) is 2.14. The molecule has 0 amide bonds. The molecule has 0 aliphatic carbocycles. The van der Waals surface area contributed by atoms with Crippen molar-refractivity contribution < 1.29 is 14.3 Å². The van der Waals surface area contributed by atoms with Gasteiger partial charge in [0.25, 0.3) is 0 Å². The fourth-order valence-electron chi connectivity index (χ4n) is 1.36. The topological polar surface area (TPSA) is 55.1 Å². The number of ketones is 1. The molecule has 2 aromatic rings. The maximum Gasteiger partial charge on any atom is 0.186 e. The summed E-state index contributed by atoms with van der Waals surface area (Å²) in [5, 5.41) is 9.42. The summed E-state index contributed by atoms with van der Waals surface area (Å²) in [7, 11) is 0. The van der Waals surface area contributed by atoms with Gasteiger partial charge in [0.05, 0.1) is 18.4 Å². The maximum absolute atomic E-state index is 12.9. The number of aromatic hydroxyl groups is 1. The predicted octanol–water partition coefficient (Wildman–Crippen LogP) is 1.61. The van der Waals surface area contributed by atoms with Crippen molar-refractivity contribution in [3.63, 3.8) is 0 Å². The van der Waals surface area contributed by atoms with Crippen molar-refractivity contribution in [2.75, 3.05) is 0 Å². The normalized spacial score (nSPS) is 10.3. The number of Topliss-reactive ketones (excluding diaryl/α,β-unsaturated/α-hetero) is 1. The average Bonchev–Trinajstić information content (AvgIpc) is 2.74. The molecule has 0 aliphatic rings. The lowest BCUT2D eigenvalue weighted by atomic mass is 10.1. The van der Waals surface area contributed by atoms with Crippen LogP contribution in [0.2, 0.25) is 0 Å². The fourth-order valence-corrected chi connectivity index (χ4v) is 1.36. The minimum absolute atomic E-state index is 0.0197. The Morgan fingerprint density at radius 3 is 3.00 bits per heavy atom. The largest absolute Gasteiger partial charge is 0.507 e. The molecule has 0 unspecified atom stereocenters. The van der Waals surface area contributed by atoms with E-state index in [4.69, 9.17) is 0 Å².